The summed E-state index contributed by atoms with van der Waals surface area (Å²) >= 11 is 1.68. The molecule has 3 heterocycles. The fraction of sp³-hybridized carbons (Fsp3) is 0.818. The molecule has 3 amide bonds. The van der Waals surface area contributed by atoms with Gasteiger partial charge in [-0.05, 0) is 18.1 Å². The van der Waals surface area contributed by atoms with Crippen LogP contribution in [-0.4, -0.2) is 51.6 Å². The molecular weight excluding hydrogens is 252 g/mol. The smallest absolute Gasteiger partial charge is 0.307 e. The van der Waals surface area contributed by atoms with E-state index in [1.165, 1.54) is 0 Å². The summed E-state index contributed by atoms with van der Waals surface area (Å²) < 4.78 is 0. The zero-order valence-electron chi connectivity index (χ0n) is 10.5. The maximum atomic E-state index is 12.5. The van der Waals surface area contributed by atoms with Gasteiger partial charge in [0.05, 0.1) is 6.04 Å². The van der Waals surface area contributed by atoms with Gasteiger partial charge in [0.2, 0.25) is 5.91 Å². The van der Waals surface area contributed by atoms with E-state index in [4.69, 9.17) is 0 Å². The largest absolute Gasteiger partial charge is 0.334 e. The number of hydrogen-bond acceptors (Lipinski definition) is 4. The Hall–Kier alpha value is -0.950. The van der Waals surface area contributed by atoms with Gasteiger partial charge in [0.25, 0.3) is 0 Å². The molecule has 0 bridgehead atoms. The van der Waals surface area contributed by atoms with Crippen LogP contribution in [0.5, 0.6) is 0 Å². The molecule has 0 aromatic rings. The summed E-state index contributed by atoms with van der Waals surface area (Å²) in [6.45, 7) is 4.83. The minimum Gasteiger partial charge on any atom is -0.307 e. The predicted molar refractivity (Wildman–Crippen MR) is 68.5 cm³/mol. The average molecular weight is 270 g/mol. The van der Waals surface area contributed by atoms with Crippen molar-refractivity contribution in [1.29, 1.82) is 0 Å². The van der Waals surface area contributed by atoms with Gasteiger partial charge in [-0.3, -0.25) is 15.1 Å². The highest BCUT2D eigenvalue weighted by atomic mass is 32.2. The molecule has 0 radical (unpaired) electrons. The summed E-state index contributed by atoms with van der Waals surface area (Å²) in [5.74, 6) is 1.50. The summed E-state index contributed by atoms with van der Waals surface area (Å²) in [7, 11) is 0. The van der Waals surface area contributed by atoms with Gasteiger partial charge in [0.1, 0.15) is 5.25 Å². The SMILES string of the molecule is CC(C)CN1C(=O)C2SCCC2N2C(=O)NNC12. The molecule has 3 unspecified atom stereocenters. The quantitative estimate of drug-likeness (QED) is 0.751. The van der Waals surface area contributed by atoms with Crippen LogP contribution in [0.2, 0.25) is 0 Å². The highest BCUT2D eigenvalue weighted by Crippen LogP contribution is 2.38. The highest BCUT2D eigenvalue weighted by Gasteiger charge is 2.53. The number of thioether (sulfide) groups is 1. The molecule has 7 heteroatoms. The second kappa shape index (κ2) is 4.31. The third-order valence-corrected chi connectivity index (χ3v) is 4.95. The van der Waals surface area contributed by atoms with Crippen molar-refractivity contribution in [1.82, 2.24) is 20.7 Å². The van der Waals surface area contributed by atoms with Crippen LogP contribution in [0, 0.1) is 5.92 Å². The molecular formula is C11H18N4O2S. The maximum Gasteiger partial charge on any atom is 0.334 e. The lowest BCUT2D eigenvalue weighted by molar-refractivity contribution is -0.144. The van der Waals surface area contributed by atoms with E-state index in [2.05, 4.69) is 24.7 Å². The Morgan fingerprint density at radius 2 is 2.22 bits per heavy atom. The van der Waals surface area contributed by atoms with Crippen LogP contribution in [0.4, 0.5) is 4.79 Å². The molecule has 0 aromatic carbocycles. The minimum absolute atomic E-state index is 0.0471. The number of hydrogen-bond donors (Lipinski definition) is 2. The van der Waals surface area contributed by atoms with Crippen LogP contribution in [0.25, 0.3) is 0 Å². The number of carbonyl (C=O) groups excluding carboxylic acids is 2. The van der Waals surface area contributed by atoms with Crippen LogP contribution in [0.15, 0.2) is 0 Å². The van der Waals surface area contributed by atoms with Crippen molar-refractivity contribution in [3.63, 3.8) is 0 Å². The summed E-state index contributed by atoms with van der Waals surface area (Å²) in [5, 5.41) is -0.0781. The van der Waals surface area contributed by atoms with Crippen molar-refractivity contribution in [3.05, 3.63) is 0 Å². The third kappa shape index (κ3) is 1.68. The molecule has 18 heavy (non-hydrogen) atoms. The maximum absolute atomic E-state index is 12.5. The van der Waals surface area contributed by atoms with Crippen molar-refractivity contribution in [2.45, 2.75) is 37.8 Å². The molecule has 3 aliphatic rings. The van der Waals surface area contributed by atoms with E-state index < -0.39 is 0 Å². The first-order chi connectivity index (χ1) is 8.59. The zero-order chi connectivity index (χ0) is 12.9. The number of hydrazine groups is 1. The normalized spacial score (nSPS) is 34.9. The predicted octanol–water partition coefficient (Wildman–Crippen LogP) is 0.172. The van der Waals surface area contributed by atoms with E-state index in [-0.39, 0.29) is 29.5 Å². The number of carbonyl (C=O) groups is 2. The zero-order valence-corrected chi connectivity index (χ0v) is 11.4. The van der Waals surface area contributed by atoms with Gasteiger partial charge < -0.3 is 4.90 Å². The van der Waals surface area contributed by atoms with E-state index in [0.717, 1.165) is 12.2 Å². The second-order valence-electron chi connectivity index (χ2n) is 5.39. The van der Waals surface area contributed by atoms with Gasteiger partial charge in [-0.15, -0.1) is 11.8 Å². The van der Waals surface area contributed by atoms with Crippen LogP contribution < -0.4 is 10.9 Å². The van der Waals surface area contributed by atoms with Crippen LogP contribution >= 0.6 is 11.8 Å². The van der Waals surface area contributed by atoms with E-state index in [0.29, 0.717) is 12.5 Å². The lowest BCUT2D eigenvalue weighted by Gasteiger charge is -2.44. The van der Waals surface area contributed by atoms with Crippen molar-refractivity contribution >= 4 is 23.7 Å². The van der Waals surface area contributed by atoms with Crippen LogP contribution in [0.1, 0.15) is 20.3 Å². The number of fused-ring (bicyclic) bond motifs is 3. The van der Waals surface area contributed by atoms with Crippen molar-refractivity contribution < 1.29 is 9.59 Å². The van der Waals surface area contributed by atoms with Gasteiger partial charge >= 0.3 is 6.03 Å². The monoisotopic (exact) mass is 270 g/mol. The fourth-order valence-electron chi connectivity index (χ4n) is 2.90. The van der Waals surface area contributed by atoms with Crippen LogP contribution in [0.3, 0.4) is 0 Å². The van der Waals surface area contributed by atoms with E-state index in [1.807, 2.05) is 0 Å². The number of nitrogens with zero attached hydrogens (tertiary/aromatic N) is 2. The highest BCUT2D eigenvalue weighted by molar-refractivity contribution is 8.00. The van der Waals surface area contributed by atoms with Gasteiger partial charge in [-0.1, -0.05) is 13.8 Å². The van der Waals surface area contributed by atoms with Crippen molar-refractivity contribution in [2.75, 3.05) is 12.3 Å². The van der Waals surface area contributed by atoms with Crippen molar-refractivity contribution in [2.24, 2.45) is 5.92 Å². The third-order valence-electron chi connectivity index (χ3n) is 3.61. The molecule has 0 spiro atoms. The Bertz CT molecular complexity index is 389. The van der Waals surface area contributed by atoms with Gasteiger partial charge in [-0.2, -0.15) is 5.43 Å². The molecule has 3 fully saturated rings. The second-order valence-corrected chi connectivity index (χ2v) is 6.64. The molecule has 100 valence electrons. The lowest BCUT2D eigenvalue weighted by atomic mass is 10.0. The Morgan fingerprint density at radius 1 is 1.44 bits per heavy atom. The Balaban J connectivity index is 1.91. The first kappa shape index (κ1) is 12.1. The molecule has 3 saturated heterocycles. The van der Waals surface area contributed by atoms with Gasteiger partial charge in [0.15, 0.2) is 6.29 Å². The Kier molecular flexibility index (Phi) is 2.90. The number of nitrogens with one attached hydrogen (secondary N) is 2. The number of rotatable bonds is 2. The Labute approximate surface area is 110 Å². The van der Waals surface area contributed by atoms with Gasteiger partial charge in [0, 0.05) is 6.54 Å². The molecule has 2 N–H and O–H groups in total. The van der Waals surface area contributed by atoms with Gasteiger partial charge in [-0.25, -0.2) is 4.79 Å². The molecule has 0 aliphatic carbocycles. The minimum atomic E-state index is -0.313. The Morgan fingerprint density at radius 3 is 2.94 bits per heavy atom. The summed E-state index contributed by atoms with van der Waals surface area (Å²) in [4.78, 5) is 28.0. The summed E-state index contributed by atoms with van der Waals surface area (Å²) in [6.07, 6.45) is 0.592. The van der Waals surface area contributed by atoms with Crippen molar-refractivity contribution in [3.8, 4) is 0 Å². The molecule has 3 aliphatic heterocycles. The standard InChI is InChI=1S/C11H18N4O2S/c1-6(2)5-14-9(16)8-7(3-4-18-8)15-10(14)12-13-11(15)17/h6-8,10,12H,3-5H2,1-2H3,(H,13,17). The number of urea groups is 1. The first-order valence-corrected chi connectivity index (χ1v) is 7.40. The topological polar surface area (TPSA) is 64.7 Å². The first-order valence-electron chi connectivity index (χ1n) is 6.35. The summed E-state index contributed by atoms with van der Waals surface area (Å²) in [6, 6.07) is -0.0651. The van der Waals surface area contributed by atoms with E-state index in [9.17, 15) is 9.59 Å². The lowest BCUT2D eigenvalue weighted by Crippen LogP contribution is -2.66. The van der Waals surface area contributed by atoms with Crippen LogP contribution in [-0.2, 0) is 4.79 Å². The average Bonchev–Trinajstić information content (AvgIpc) is 2.90. The number of amides is 3. The molecule has 3 atom stereocenters. The van der Waals surface area contributed by atoms with E-state index >= 15 is 0 Å². The molecule has 0 aromatic heterocycles. The molecule has 6 nitrogen and oxygen atoms in total. The van der Waals surface area contributed by atoms with E-state index in [1.54, 1.807) is 21.6 Å². The molecule has 3 rings (SSSR count). The molecule has 0 saturated carbocycles. The summed E-state index contributed by atoms with van der Waals surface area (Å²) in [5.41, 5.74) is 5.56. The fourth-order valence-corrected chi connectivity index (χ4v) is 4.30.